The Morgan fingerprint density at radius 3 is 2.14 bits per heavy atom. The molecule has 0 atom stereocenters. The summed E-state index contributed by atoms with van der Waals surface area (Å²) in [5.41, 5.74) is 0. The molecule has 0 radical (unpaired) electrons. The maximum absolute atomic E-state index is 2.46. The van der Waals surface area contributed by atoms with E-state index in [1.807, 2.05) is 0 Å². The van der Waals surface area contributed by atoms with Gasteiger partial charge < -0.3 is 0 Å². The van der Waals surface area contributed by atoms with Crippen LogP contribution in [0.4, 0.5) is 0 Å². The molecular formula is C5H12NS+. The Hall–Kier alpha value is 0.310. The third kappa shape index (κ3) is 1.35. The van der Waals surface area contributed by atoms with Crippen LogP contribution >= 0.6 is 0 Å². The molecule has 0 bridgehead atoms. The smallest absolute Gasteiger partial charge is 0.115 e. The maximum atomic E-state index is 2.46. The lowest BCUT2D eigenvalue weighted by atomic mass is 10.4. The first-order valence-electron chi connectivity index (χ1n) is 2.78. The van der Waals surface area contributed by atoms with Crippen molar-refractivity contribution in [2.45, 2.75) is 12.8 Å². The van der Waals surface area contributed by atoms with Crippen molar-refractivity contribution in [1.82, 2.24) is 4.31 Å². The molecule has 0 aromatic heterocycles. The van der Waals surface area contributed by atoms with E-state index in [0.29, 0.717) is 0 Å². The molecule has 1 fully saturated rings. The number of rotatable bonds is 1. The minimum Gasteiger partial charge on any atom is -0.129 e. The Bertz CT molecular complexity index is 50.0. The fraction of sp³-hybridized carbons (Fsp3) is 1.00. The molecule has 0 aromatic rings. The van der Waals surface area contributed by atoms with Crippen molar-refractivity contribution in [3.63, 3.8) is 0 Å². The van der Waals surface area contributed by atoms with E-state index in [0.717, 1.165) is 0 Å². The molecule has 0 amide bonds. The first kappa shape index (κ1) is 5.45. The Balaban J connectivity index is 2.14. The third-order valence-corrected chi connectivity index (χ3v) is 2.33. The van der Waals surface area contributed by atoms with Crippen molar-refractivity contribution in [3.05, 3.63) is 0 Å². The third-order valence-electron chi connectivity index (χ3n) is 1.37. The Kier molecular flexibility index (Phi) is 2.00. The zero-order valence-corrected chi connectivity index (χ0v) is 5.62. The van der Waals surface area contributed by atoms with Gasteiger partial charge in [0.15, 0.2) is 0 Å². The molecule has 1 nitrogen and oxygen atoms in total. The average molecular weight is 118 g/mol. The predicted octanol–water partition coefficient (Wildman–Crippen LogP) is 0.442. The summed E-state index contributed by atoms with van der Waals surface area (Å²) in [5.74, 6) is 0. The molecular weight excluding hydrogens is 106 g/mol. The molecule has 0 spiro atoms. The van der Waals surface area contributed by atoms with Crippen LogP contribution in [-0.2, 0) is 11.9 Å². The zero-order valence-electron chi connectivity index (χ0n) is 4.72. The molecule has 0 aliphatic carbocycles. The number of hydrogen-bond donors (Lipinski definition) is 0. The number of nitrogens with zero attached hydrogens (tertiary/aromatic N) is 1. The van der Waals surface area contributed by atoms with E-state index in [9.17, 15) is 0 Å². The topological polar surface area (TPSA) is 3.24 Å². The van der Waals surface area contributed by atoms with Gasteiger partial charge in [0.2, 0.25) is 0 Å². The second kappa shape index (κ2) is 2.58. The lowest BCUT2D eigenvalue weighted by Crippen LogP contribution is -2.15. The normalized spacial score (nSPS) is 23.6. The van der Waals surface area contributed by atoms with Gasteiger partial charge in [0.05, 0.1) is 11.9 Å². The van der Waals surface area contributed by atoms with E-state index < -0.39 is 0 Å². The van der Waals surface area contributed by atoms with Crippen molar-refractivity contribution in [1.29, 1.82) is 0 Å². The van der Waals surface area contributed by atoms with Crippen molar-refractivity contribution in [2.24, 2.45) is 0 Å². The highest BCUT2D eigenvalue weighted by Gasteiger charge is 2.13. The van der Waals surface area contributed by atoms with Crippen LogP contribution in [0, 0.1) is 0 Å². The van der Waals surface area contributed by atoms with Gasteiger partial charge in [0.1, 0.15) is 6.26 Å². The predicted molar refractivity (Wildman–Crippen MR) is 35.5 cm³/mol. The summed E-state index contributed by atoms with van der Waals surface area (Å²) in [5, 5.41) is 0. The van der Waals surface area contributed by atoms with Gasteiger partial charge in [-0.25, -0.2) is 0 Å². The van der Waals surface area contributed by atoms with Crippen LogP contribution in [0.2, 0.25) is 0 Å². The van der Waals surface area contributed by atoms with Crippen molar-refractivity contribution < 1.29 is 0 Å². The number of thiol groups is 1. The molecule has 7 heavy (non-hydrogen) atoms. The Morgan fingerprint density at radius 2 is 1.86 bits per heavy atom. The van der Waals surface area contributed by atoms with Crippen LogP contribution in [-0.4, -0.2) is 23.7 Å². The Labute approximate surface area is 49.2 Å². The summed E-state index contributed by atoms with van der Waals surface area (Å²) in [7, 11) is 0. The van der Waals surface area contributed by atoms with Crippen LogP contribution in [0.25, 0.3) is 0 Å². The highest BCUT2D eigenvalue weighted by Crippen LogP contribution is 2.05. The SMILES string of the molecule is C[SH+]N1CCCC1. The lowest BCUT2D eigenvalue weighted by Gasteiger charge is -1.97. The van der Waals surface area contributed by atoms with Gasteiger partial charge in [-0.15, -0.1) is 4.31 Å². The fourth-order valence-electron chi connectivity index (χ4n) is 0.900. The van der Waals surface area contributed by atoms with Gasteiger partial charge >= 0.3 is 0 Å². The van der Waals surface area contributed by atoms with Crippen LogP contribution in [0.3, 0.4) is 0 Å². The van der Waals surface area contributed by atoms with Gasteiger partial charge in [0, 0.05) is 13.1 Å². The van der Waals surface area contributed by atoms with E-state index in [-0.39, 0.29) is 0 Å². The van der Waals surface area contributed by atoms with Crippen LogP contribution in [0.5, 0.6) is 0 Å². The molecule has 0 N–H and O–H groups in total. The number of hydrogen-bond acceptors (Lipinski definition) is 1. The molecule has 1 saturated heterocycles. The fourth-order valence-corrected chi connectivity index (χ4v) is 1.58. The summed E-state index contributed by atoms with van der Waals surface area (Å²) in [4.78, 5) is 0. The molecule has 1 aliphatic heterocycles. The summed E-state index contributed by atoms with van der Waals surface area (Å²) >= 11 is 1.46. The van der Waals surface area contributed by atoms with Gasteiger partial charge in [-0.1, -0.05) is 0 Å². The average Bonchev–Trinajstić information content (AvgIpc) is 2.14. The van der Waals surface area contributed by atoms with Crippen molar-refractivity contribution in [3.8, 4) is 0 Å². The standard InChI is InChI=1S/C5H11NS/c1-7-6-4-2-3-5-6/h2-5H2,1H3/p+1. The summed E-state index contributed by atoms with van der Waals surface area (Å²) in [6.07, 6.45) is 5.03. The lowest BCUT2D eigenvalue weighted by molar-refractivity contribution is 0.586. The minimum absolute atomic E-state index is 1.33. The van der Waals surface area contributed by atoms with Gasteiger partial charge in [-0.3, -0.25) is 0 Å². The molecule has 1 aliphatic rings. The summed E-state index contributed by atoms with van der Waals surface area (Å²) in [6.45, 7) is 2.66. The maximum Gasteiger partial charge on any atom is 0.115 e. The highest BCUT2D eigenvalue weighted by atomic mass is 32.2. The van der Waals surface area contributed by atoms with Crippen LogP contribution in [0.15, 0.2) is 0 Å². The van der Waals surface area contributed by atoms with Crippen molar-refractivity contribution in [2.75, 3.05) is 19.3 Å². The van der Waals surface area contributed by atoms with E-state index in [1.54, 1.807) is 0 Å². The van der Waals surface area contributed by atoms with Crippen LogP contribution < -0.4 is 0 Å². The molecule has 0 unspecified atom stereocenters. The molecule has 0 saturated carbocycles. The minimum atomic E-state index is 1.33. The first-order valence-corrected chi connectivity index (χ1v) is 4.07. The summed E-state index contributed by atoms with van der Waals surface area (Å²) < 4.78 is 2.46. The molecule has 1 rings (SSSR count). The quantitative estimate of drug-likeness (QED) is 0.357. The highest BCUT2D eigenvalue weighted by molar-refractivity contribution is 7.75. The monoisotopic (exact) mass is 118 g/mol. The van der Waals surface area contributed by atoms with Crippen molar-refractivity contribution >= 4 is 11.9 Å². The molecule has 0 aromatic carbocycles. The van der Waals surface area contributed by atoms with E-state index >= 15 is 0 Å². The Morgan fingerprint density at radius 1 is 1.29 bits per heavy atom. The van der Waals surface area contributed by atoms with Crippen LogP contribution in [0.1, 0.15) is 12.8 Å². The van der Waals surface area contributed by atoms with E-state index in [4.69, 9.17) is 0 Å². The first-order chi connectivity index (χ1) is 3.43. The molecule has 42 valence electrons. The van der Waals surface area contributed by atoms with E-state index in [1.165, 1.54) is 37.9 Å². The zero-order chi connectivity index (χ0) is 5.11. The second-order valence-corrected chi connectivity index (χ2v) is 2.83. The van der Waals surface area contributed by atoms with Gasteiger partial charge in [-0.05, 0) is 12.8 Å². The summed E-state index contributed by atoms with van der Waals surface area (Å²) in [6, 6.07) is 0. The largest absolute Gasteiger partial charge is 0.129 e. The van der Waals surface area contributed by atoms with Gasteiger partial charge in [0.25, 0.3) is 0 Å². The second-order valence-electron chi connectivity index (χ2n) is 1.86. The molecule has 1 heterocycles. The molecule has 2 heteroatoms. The van der Waals surface area contributed by atoms with E-state index in [2.05, 4.69) is 10.6 Å². The van der Waals surface area contributed by atoms with Gasteiger partial charge in [-0.2, -0.15) is 0 Å².